The SMILES string of the molecule is CSCC1C(=O)Nc2cnc(N)nc2N1C(=O)OC(C)C. The summed E-state index contributed by atoms with van der Waals surface area (Å²) < 4.78 is 5.21. The van der Waals surface area contributed by atoms with Gasteiger partial charge in [-0.2, -0.15) is 16.7 Å². The molecule has 0 spiro atoms. The van der Waals surface area contributed by atoms with Gasteiger partial charge in [-0.25, -0.2) is 14.7 Å². The molecule has 3 N–H and O–H groups in total. The molecule has 1 aliphatic rings. The maximum atomic E-state index is 12.3. The highest BCUT2D eigenvalue weighted by atomic mass is 32.2. The number of ether oxygens (including phenoxy) is 1. The van der Waals surface area contributed by atoms with E-state index in [4.69, 9.17) is 10.5 Å². The van der Waals surface area contributed by atoms with Crippen molar-refractivity contribution in [3.05, 3.63) is 6.20 Å². The number of aromatic nitrogens is 2. The van der Waals surface area contributed by atoms with Crippen LogP contribution in [0.25, 0.3) is 0 Å². The number of carbonyl (C=O) groups is 2. The number of fused-ring (bicyclic) bond motifs is 1. The van der Waals surface area contributed by atoms with E-state index in [0.717, 1.165) is 0 Å². The number of amides is 2. The van der Waals surface area contributed by atoms with Gasteiger partial charge in [-0.05, 0) is 20.1 Å². The van der Waals surface area contributed by atoms with Crippen LogP contribution in [0.2, 0.25) is 0 Å². The summed E-state index contributed by atoms with van der Waals surface area (Å²) in [6.07, 6.45) is 2.29. The molecule has 114 valence electrons. The molecule has 1 unspecified atom stereocenters. The fourth-order valence-corrected chi connectivity index (χ4v) is 2.54. The van der Waals surface area contributed by atoms with E-state index in [-0.39, 0.29) is 23.8 Å². The average molecular weight is 311 g/mol. The fourth-order valence-electron chi connectivity index (χ4n) is 1.92. The van der Waals surface area contributed by atoms with Crippen molar-refractivity contribution in [2.24, 2.45) is 0 Å². The Bertz CT molecular complexity index is 566. The predicted molar refractivity (Wildman–Crippen MR) is 81.3 cm³/mol. The number of nitrogens with zero attached hydrogens (tertiary/aromatic N) is 3. The van der Waals surface area contributed by atoms with Crippen molar-refractivity contribution >= 4 is 41.2 Å². The summed E-state index contributed by atoms with van der Waals surface area (Å²) in [6.45, 7) is 3.47. The summed E-state index contributed by atoms with van der Waals surface area (Å²) in [5, 5.41) is 2.68. The van der Waals surface area contributed by atoms with E-state index in [1.165, 1.54) is 22.9 Å². The topological polar surface area (TPSA) is 110 Å². The average Bonchev–Trinajstić information content (AvgIpc) is 2.39. The number of rotatable bonds is 3. The molecular weight excluding hydrogens is 294 g/mol. The largest absolute Gasteiger partial charge is 0.446 e. The number of hydrogen-bond acceptors (Lipinski definition) is 7. The first-order valence-electron chi connectivity index (χ1n) is 6.36. The lowest BCUT2D eigenvalue weighted by molar-refractivity contribution is -0.117. The van der Waals surface area contributed by atoms with Gasteiger partial charge >= 0.3 is 6.09 Å². The molecule has 0 radical (unpaired) electrons. The van der Waals surface area contributed by atoms with Gasteiger partial charge in [-0.15, -0.1) is 0 Å². The predicted octanol–water partition coefficient (Wildman–Crippen LogP) is 1.09. The molecule has 9 heteroatoms. The zero-order chi connectivity index (χ0) is 15.6. The van der Waals surface area contributed by atoms with Gasteiger partial charge in [0.25, 0.3) is 0 Å². The van der Waals surface area contributed by atoms with Crippen LogP contribution >= 0.6 is 11.8 Å². The van der Waals surface area contributed by atoms with E-state index in [2.05, 4.69) is 15.3 Å². The summed E-state index contributed by atoms with van der Waals surface area (Å²) in [7, 11) is 0. The Morgan fingerprint density at radius 1 is 1.62 bits per heavy atom. The molecule has 1 aromatic rings. The molecule has 0 bridgehead atoms. The van der Waals surface area contributed by atoms with Crippen LogP contribution in [-0.4, -0.2) is 46.1 Å². The Kier molecular flexibility index (Phi) is 4.51. The molecule has 0 fully saturated rings. The monoisotopic (exact) mass is 311 g/mol. The van der Waals surface area contributed by atoms with Crippen molar-refractivity contribution in [2.75, 3.05) is 28.0 Å². The van der Waals surface area contributed by atoms with Gasteiger partial charge in [0.15, 0.2) is 5.82 Å². The Labute approximate surface area is 126 Å². The number of thioether (sulfide) groups is 1. The number of nitrogens with one attached hydrogen (secondary N) is 1. The second-order valence-electron chi connectivity index (χ2n) is 4.73. The smallest absolute Gasteiger partial charge is 0.416 e. The molecular formula is C12H17N5O3S. The highest BCUT2D eigenvalue weighted by Gasteiger charge is 2.39. The highest BCUT2D eigenvalue weighted by molar-refractivity contribution is 7.98. The van der Waals surface area contributed by atoms with Crippen LogP contribution in [0.1, 0.15) is 13.8 Å². The van der Waals surface area contributed by atoms with Crippen molar-refractivity contribution in [3.8, 4) is 0 Å². The third-order valence-electron chi connectivity index (χ3n) is 2.75. The molecule has 2 heterocycles. The molecule has 0 aromatic carbocycles. The summed E-state index contributed by atoms with van der Waals surface area (Å²) in [5.74, 6) is 0.399. The van der Waals surface area contributed by atoms with Crippen LogP contribution in [0.5, 0.6) is 0 Å². The van der Waals surface area contributed by atoms with Gasteiger partial charge < -0.3 is 15.8 Å². The van der Waals surface area contributed by atoms with Crippen LogP contribution in [0.15, 0.2) is 6.20 Å². The molecule has 1 aromatic heterocycles. The summed E-state index contributed by atoms with van der Waals surface area (Å²) in [5.41, 5.74) is 5.92. The van der Waals surface area contributed by atoms with Crippen molar-refractivity contribution < 1.29 is 14.3 Å². The van der Waals surface area contributed by atoms with Crippen LogP contribution in [-0.2, 0) is 9.53 Å². The van der Waals surface area contributed by atoms with E-state index >= 15 is 0 Å². The Morgan fingerprint density at radius 3 is 2.95 bits per heavy atom. The van der Waals surface area contributed by atoms with E-state index in [9.17, 15) is 9.59 Å². The minimum atomic E-state index is -0.701. The van der Waals surface area contributed by atoms with Crippen molar-refractivity contribution in [3.63, 3.8) is 0 Å². The van der Waals surface area contributed by atoms with Gasteiger partial charge in [0.1, 0.15) is 11.7 Å². The van der Waals surface area contributed by atoms with Gasteiger partial charge in [0.2, 0.25) is 11.9 Å². The molecule has 1 aliphatic heterocycles. The minimum absolute atomic E-state index is 0.0233. The second kappa shape index (κ2) is 6.17. The van der Waals surface area contributed by atoms with Crippen molar-refractivity contribution in [2.45, 2.75) is 26.0 Å². The van der Waals surface area contributed by atoms with E-state index in [1.807, 2.05) is 6.26 Å². The first-order valence-corrected chi connectivity index (χ1v) is 7.75. The van der Waals surface area contributed by atoms with Gasteiger partial charge in [0, 0.05) is 5.75 Å². The summed E-state index contributed by atoms with van der Waals surface area (Å²) in [6, 6.07) is -0.701. The lowest BCUT2D eigenvalue weighted by atomic mass is 10.2. The third kappa shape index (κ3) is 3.18. The van der Waals surface area contributed by atoms with Crippen LogP contribution < -0.4 is 16.0 Å². The Hall–Kier alpha value is -2.03. The molecule has 2 amide bonds. The van der Waals surface area contributed by atoms with Gasteiger partial charge in [-0.1, -0.05) is 0 Å². The first kappa shape index (κ1) is 15.4. The van der Waals surface area contributed by atoms with Gasteiger partial charge in [0.05, 0.1) is 12.3 Å². The maximum Gasteiger partial charge on any atom is 0.416 e. The lowest BCUT2D eigenvalue weighted by Crippen LogP contribution is -2.53. The number of carbonyl (C=O) groups excluding carboxylic acids is 2. The first-order chi connectivity index (χ1) is 9.93. The minimum Gasteiger partial charge on any atom is -0.446 e. The normalized spacial score (nSPS) is 17.4. The molecule has 2 rings (SSSR count). The van der Waals surface area contributed by atoms with Gasteiger partial charge in [-0.3, -0.25) is 4.79 Å². The van der Waals surface area contributed by atoms with Crippen LogP contribution in [0.4, 0.5) is 22.2 Å². The van der Waals surface area contributed by atoms with E-state index in [1.54, 1.807) is 13.8 Å². The molecule has 21 heavy (non-hydrogen) atoms. The third-order valence-corrected chi connectivity index (χ3v) is 3.39. The molecule has 0 saturated carbocycles. The van der Waals surface area contributed by atoms with E-state index < -0.39 is 12.1 Å². The number of nitrogens with two attached hydrogens (primary N) is 1. The molecule has 8 nitrogen and oxygen atoms in total. The Morgan fingerprint density at radius 2 is 2.33 bits per heavy atom. The highest BCUT2D eigenvalue weighted by Crippen LogP contribution is 2.31. The number of hydrogen-bond donors (Lipinski definition) is 2. The fraction of sp³-hybridized carbons (Fsp3) is 0.500. The Balaban J connectivity index is 2.45. The summed E-state index contributed by atoms with van der Waals surface area (Å²) >= 11 is 1.45. The zero-order valence-corrected chi connectivity index (χ0v) is 12.8. The standard InChI is InChI=1S/C12H17N5O3S/c1-6(2)20-12(19)17-8(5-21-3)10(18)15-7-4-14-11(13)16-9(7)17/h4,6,8H,5H2,1-3H3,(H,15,18)(H2,13,14,16). The van der Waals surface area contributed by atoms with Crippen molar-refractivity contribution in [1.82, 2.24) is 9.97 Å². The zero-order valence-electron chi connectivity index (χ0n) is 12.0. The number of anilines is 3. The van der Waals surface area contributed by atoms with E-state index in [0.29, 0.717) is 11.4 Å². The van der Waals surface area contributed by atoms with Crippen molar-refractivity contribution in [1.29, 1.82) is 0 Å². The number of nitrogen functional groups attached to an aromatic ring is 1. The lowest BCUT2D eigenvalue weighted by Gasteiger charge is -2.34. The molecule has 0 aliphatic carbocycles. The van der Waals surface area contributed by atoms with Crippen LogP contribution in [0, 0.1) is 0 Å². The van der Waals surface area contributed by atoms with Crippen LogP contribution in [0.3, 0.4) is 0 Å². The quantitative estimate of drug-likeness (QED) is 0.859. The summed E-state index contributed by atoms with van der Waals surface area (Å²) in [4.78, 5) is 33.6. The second-order valence-corrected chi connectivity index (χ2v) is 5.64. The molecule has 0 saturated heterocycles. The maximum absolute atomic E-state index is 12.3. The molecule has 1 atom stereocenters.